The topological polar surface area (TPSA) is 44.9 Å². The molecule has 0 bridgehead atoms. The molecule has 2 aromatic carbocycles. The minimum atomic E-state index is -0.155. The van der Waals surface area contributed by atoms with Crippen LogP contribution in [0.15, 0.2) is 48.5 Å². The minimum absolute atomic E-state index is 0.155. The maximum Gasteiger partial charge on any atom is 0.267 e. The lowest BCUT2D eigenvalue weighted by atomic mass is 10.2. The van der Waals surface area contributed by atoms with Gasteiger partial charge in [-0.1, -0.05) is 47.5 Å². The Bertz CT molecular complexity index is 778. The first-order chi connectivity index (χ1) is 10.1. The van der Waals surface area contributed by atoms with Crippen molar-refractivity contribution < 1.29 is 4.79 Å². The van der Waals surface area contributed by atoms with Gasteiger partial charge in [0.05, 0.1) is 10.0 Å². The first-order valence-electron chi connectivity index (χ1n) is 6.43. The van der Waals surface area contributed by atoms with Crippen LogP contribution in [-0.4, -0.2) is 10.9 Å². The van der Waals surface area contributed by atoms with E-state index in [0.717, 1.165) is 16.5 Å². The lowest BCUT2D eigenvalue weighted by Gasteiger charge is -2.05. The van der Waals surface area contributed by atoms with Crippen molar-refractivity contribution in [3.05, 3.63) is 69.8 Å². The van der Waals surface area contributed by atoms with Crippen molar-refractivity contribution in [1.29, 1.82) is 0 Å². The molecule has 0 aliphatic rings. The van der Waals surface area contributed by atoms with Crippen LogP contribution in [0.5, 0.6) is 0 Å². The summed E-state index contributed by atoms with van der Waals surface area (Å²) >= 11 is 11.8. The Hall–Kier alpha value is -1.97. The van der Waals surface area contributed by atoms with Crippen molar-refractivity contribution in [1.82, 2.24) is 10.3 Å². The average molecular weight is 319 g/mol. The number of halogens is 2. The second-order valence-corrected chi connectivity index (χ2v) is 5.52. The molecule has 0 unspecified atom stereocenters. The Balaban J connectivity index is 1.72. The second-order valence-electron chi connectivity index (χ2n) is 4.70. The third-order valence-electron chi connectivity index (χ3n) is 3.21. The molecule has 1 amide bonds. The molecule has 0 fully saturated rings. The number of fused-ring (bicyclic) bond motifs is 1. The smallest absolute Gasteiger partial charge is 0.267 e. The maximum atomic E-state index is 12.1. The van der Waals surface area contributed by atoms with Gasteiger partial charge in [-0.3, -0.25) is 4.79 Å². The SMILES string of the molecule is O=C(NCc1ccc(Cl)c(Cl)c1)c1cc2ccccc2[nH]1. The molecule has 0 saturated heterocycles. The lowest BCUT2D eigenvalue weighted by Crippen LogP contribution is -2.23. The summed E-state index contributed by atoms with van der Waals surface area (Å²) in [5, 5.41) is 4.85. The molecule has 0 aliphatic heterocycles. The second kappa shape index (κ2) is 5.80. The van der Waals surface area contributed by atoms with E-state index in [2.05, 4.69) is 10.3 Å². The molecule has 2 N–H and O–H groups in total. The molecule has 0 saturated carbocycles. The highest BCUT2D eigenvalue weighted by atomic mass is 35.5. The summed E-state index contributed by atoms with van der Waals surface area (Å²) in [5.74, 6) is -0.155. The number of hydrogen-bond donors (Lipinski definition) is 2. The van der Waals surface area contributed by atoms with Crippen molar-refractivity contribution in [2.24, 2.45) is 0 Å². The van der Waals surface area contributed by atoms with Gasteiger partial charge in [-0.25, -0.2) is 0 Å². The standard InChI is InChI=1S/C16H12Cl2N2O/c17-12-6-5-10(7-13(12)18)9-19-16(21)15-8-11-3-1-2-4-14(11)20-15/h1-8,20H,9H2,(H,19,21). The molecular formula is C16H12Cl2N2O. The Kier molecular flexibility index (Phi) is 3.86. The number of aromatic amines is 1. The van der Waals surface area contributed by atoms with E-state index in [4.69, 9.17) is 23.2 Å². The Morgan fingerprint density at radius 1 is 1.05 bits per heavy atom. The lowest BCUT2D eigenvalue weighted by molar-refractivity contribution is 0.0947. The molecule has 1 aromatic heterocycles. The molecule has 5 heteroatoms. The summed E-state index contributed by atoms with van der Waals surface area (Å²) in [5.41, 5.74) is 2.38. The molecular weight excluding hydrogens is 307 g/mol. The number of nitrogens with one attached hydrogen (secondary N) is 2. The molecule has 1 heterocycles. The van der Waals surface area contributed by atoms with Crippen LogP contribution in [0, 0.1) is 0 Å². The van der Waals surface area contributed by atoms with Crippen molar-refractivity contribution in [3.8, 4) is 0 Å². The van der Waals surface area contributed by atoms with Gasteiger partial charge in [0.15, 0.2) is 0 Å². The van der Waals surface area contributed by atoms with E-state index in [1.54, 1.807) is 12.1 Å². The van der Waals surface area contributed by atoms with Crippen LogP contribution in [0.25, 0.3) is 10.9 Å². The van der Waals surface area contributed by atoms with Crippen LogP contribution in [0.1, 0.15) is 16.1 Å². The minimum Gasteiger partial charge on any atom is -0.351 e. The van der Waals surface area contributed by atoms with Crippen molar-refractivity contribution in [2.45, 2.75) is 6.54 Å². The van der Waals surface area contributed by atoms with Gasteiger partial charge in [-0.2, -0.15) is 0 Å². The number of carbonyl (C=O) groups excluding carboxylic acids is 1. The van der Waals surface area contributed by atoms with E-state index in [0.29, 0.717) is 22.3 Å². The van der Waals surface area contributed by atoms with E-state index < -0.39 is 0 Å². The van der Waals surface area contributed by atoms with Gasteiger partial charge in [-0.05, 0) is 29.8 Å². The van der Waals surface area contributed by atoms with Crippen LogP contribution in [0.3, 0.4) is 0 Å². The first kappa shape index (κ1) is 14.0. The highest BCUT2D eigenvalue weighted by Crippen LogP contribution is 2.22. The van der Waals surface area contributed by atoms with Crippen molar-refractivity contribution >= 4 is 40.0 Å². The van der Waals surface area contributed by atoms with Crippen LogP contribution in [-0.2, 0) is 6.54 Å². The summed E-state index contributed by atoms with van der Waals surface area (Å²) in [6, 6.07) is 14.9. The zero-order valence-corrected chi connectivity index (χ0v) is 12.5. The third kappa shape index (κ3) is 3.04. The number of rotatable bonds is 3. The van der Waals surface area contributed by atoms with Crippen molar-refractivity contribution in [3.63, 3.8) is 0 Å². The van der Waals surface area contributed by atoms with Gasteiger partial charge in [0.2, 0.25) is 0 Å². The fourth-order valence-electron chi connectivity index (χ4n) is 2.12. The molecule has 21 heavy (non-hydrogen) atoms. The van der Waals surface area contributed by atoms with Gasteiger partial charge in [-0.15, -0.1) is 0 Å². The van der Waals surface area contributed by atoms with Crippen LogP contribution >= 0.6 is 23.2 Å². The molecule has 0 atom stereocenters. The zero-order valence-electron chi connectivity index (χ0n) is 11.0. The number of para-hydroxylation sites is 1. The maximum absolute atomic E-state index is 12.1. The number of aromatic nitrogens is 1. The van der Waals surface area contributed by atoms with Crippen LogP contribution in [0.4, 0.5) is 0 Å². The highest BCUT2D eigenvalue weighted by molar-refractivity contribution is 6.42. The monoisotopic (exact) mass is 318 g/mol. The van der Waals surface area contributed by atoms with Gasteiger partial charge < -0.3 is 10.3 Å². The molecule has 106 valence electrons. The van der Waals surface area contributed by atoms with Gasteiger partial charge in [0, 0.05) is 17.4 Å². The van der Waals surface area contributed by atoms with E-state index >= 15 is 0 Å². The normalized spacial score (nSPS) is 10.8. The van der Waals surface area contributed by atoms with E-state index in [1.807, 2.05) is 36.4 Å². The van der Waals surface area contributed by atoms with Crippen LogP contribution < -0.4 is 5.32 Å². The van der Waals surface area contributed by atoms with Gasteiger partial charge in [0.25, 0.3) is 5.91 Å². The van der Waals surface area contributed by atoms with E-state index in [1.165, 1.54) is 0 Å². The third-order valence-corrected chi connectivity index (χ3v) is 3.95. The van der Waals surface area contributed by atoms with Crippen LogP contribution in [0.2, 0.25) is 10.0 Å². The molecule has 0 aliphatic carbocycles. The predicted octanol–water partition coefficient (Wildman–Crippen LogP) is 4.40. The summed E-state index contributed by atoms with van der Waals surface area (Å²) in [7, 11) is 0. The zero-order chi connectivity index (χ0) is 14.8. The first-order valence-corrected chi connectivity index (χ1v) is 7.19. The average Bonchev–Trinajstić information content (AvgIpc) is 2.92. The summed E-state index contributed by atoms with van der Waals surface area (Å²) in [4.78, 5) is 15.2. The molecule has 3 rings (SSSR count). The van der Waals surface area contributed by atoms with Crippen molar-refractivity contribution in [2.75, 3.05) is 0 Å². The fourth-order valence-corrected chi connectivity index (χ4v) is 2.44. The number of carbonyl (C=O) groups is 1. The van der Waals surface area contributed by atoms with E-state index in [9.17, 15) is 4.79 Å². The number of hydrogen-bond acceptors (Lipinski definition) is 1. The Morgan fingerprint density at radius 3 is 2.62 bits per heavy atom. The van der Waals surface area contributed by atoms with Gasteiger partial charge >= 0.3 is 0 Å². The number of amides is 1. The molecule has 3 nitrogen and oxygen atoms in total. The largest absolute Gasteiger partial charge is 0.351 e. The molecule has 3 aromatic rings. The Labute approximate surface area is 131 Å². The molecule has 0 radical (unpaired) electrons. The van der Waals surface area contributed by atoms with Gasteiger partial charge in [0.1, 0.15) is 5.69 Å². The number of H-pyrrole nitrogens is 1. The summed E-state index contributed by atoms with van der Waals surface area (Å²) < 4.78 is 0. The summed E-state index contributed by atoms with van der Waals surface area (Å²) in [6.07, 6.45) is 0. The Morgan fingerprint density at radius 2 is 1.86 bits per heavy atom. The summed E-state index contributed by atoms with van der Waals surface area (Å²) in [6.45, 7) is 0.394. The number of benzene rings is 2. The highest BCUT2D eigenvalue weighted by Gasteiger charge is 2.09. The predicted molar refractivity (Wildman–Crippen MR) is 85.9 cm³/mol. The van der Waals surface area contributed by atoms with E-state index in [-0.39, 0.29) is 5.91 Å². The molecule has 0 spiro atoms. The quantitative estimate of drug-likeness (QED) is 0.738. The fraction of sp³-hybridized carbons (Fsp3) is 0.0625.